The molecule has 0 bridgehead atoms. The predicted octanol–water partition coefficient (Wildman–Crippen LogP) is 1.10. The lowest BCUT2D eigenvalue weighted by Gasteiger charge is -2.00. The molecule has 9 heteroatoms. The van der Waals surface area contributed by atoms with Gasteiger partial charge in [0.15, 0.2) is 5.84 Å². The highest BCUT2D eigenvalue weighted by Gasteiger charge is 2.18. The van der Waals surface area contributed by atoms with Crippen molar-refractivity contribution >= 4 is 17.2 Å². The standard InChI is InChI=1S/C11H13N5O3S/c1-3-19-10-8(9(12)16-17)20-11(15-10)6-4-7(18-2)14-5-13-6/h4-5,17H,3H2,1-2H3,(H2,12,16). The van der Waals surface area contributed by atoms with Crippen LogP contribution in [-0.4, -0.2) is 39.7 Å². The van der Waals surface area contributed by atoms with Crippen molar-refractivity contribution < 1.29 is 14.7 Å². The summed E-state index contributed by atoms with van der Waals surface area (Å²) in [5, 5.41) is 12.3. The van der Waals surface area contributed by atoms with E-state index in [2.05, 4.69) is 20.1 Å². The molecule has 0 amide bonds. The lowest BCUT2D eigenvalue weighted by atomic mass is 10.4. The van der Waals surface area contributed by atoms with E-state index in [4.69, 9.17) is 20.4 Å². The predicted molar refractivity (Wildman–Crippen MR) is 73.4 cm³/mol. The van der Waals surface area contributed by atoms with Crippen molar-refractivity contribution in [2.75, 3.05) is 13.7 Å². The fourth-order valence-electron chi connectivity index (χ4n) is 1.43. The summed E-state index contributed by atoms with van der Waals surface area (Å²) in [6.45, 7) is 2.24. The number of amidine groups is 1. The summed E-state index contributed by atoms with van der Waals surface area (Å²) in [4.78, 5) is 12.8. The Morgan fingerprint density at radius 2 is 2.30 bits per heavy atom. The molecule has 8 nitrogen and oxygen atoms in total. The first kappa shape index (κ1) is 14.0. The molecule has 0 saturated heterocycles. The van der Waals surface area contributed by atoms with E-state index >= 15 is 0 Å². The lowest BCUT2D eigenvalue weighted by Crippen LogP contribution is -2.12. The van der Waals surface area contributed by atoms with Crippen LogP contribution in [0.4, 0.5) is 0 Å². The summed E-state index contributed by atoms with van der Waals surface area (Å²) in [5.74, 6) is 0.673. The van der Waals surface area contributed by atoms with Gasteiger partial charge in [-0.3, -0.25) is 0 Å². The molecule has 20 heavy (non-hydrogen) atoms. The van der Waals surface area contributed by atoms with E-state index in [1.807, 2.05) is 6.92 Å². The normalized spacial score (nSPS) is 11.4. The summed E-state index contributed by atoms with van der Waals surface area (Å²) in [7, 11) is 1.52. The maximum Gasteiger partial charge on any atom is 0.236 e. The van der Waals surface area contributed by atoms with Gasteiger partial charge < -0.3 is 20.4 Å². The zero-order valence-electron chi connectivity index (χ0n) is 10.9. The SMILES string of the molecule is CCOc1nc(-c2cc(OC)ncn2)sc1/C(N)=N/O. The lowest BCUT2D eigenvalue weighted by molar-refractivity contribution is 0.316. The van der Waals surface area contributed by atoms with Crippen LogP contribution >= 0.6 is 11.3 Å². The van der Waals surface area contributed by atoms with Crippen LogP contribution in [-0.2, 0) is 0 Å². The zero-order valence-corrected chi connectivity index (χ0v) is 11.7. The van der Waals surface area contributed by atoms with Crippen molar-refractivity contribution in [3.8, 4) is 22.5 Å². The molecule has 0 aliphatic rings. The fourth-order valence-corrected chi connectivity index (χ4v) is 2.30. The first-order chi connectivity index (χ1) is 9.69. The number of rotatable bonds is 5. The minimum absolute atomic E-state index is 0.0572. The van der Waals surface area contributed by atoms with Crippen LogP contribution in [0.25, 0.3) is 10.7 Å². The van der Waals surface area contributed by atoms with Crippen molar-refractivity contribution in [2.24, 2.45) is 10.9 Å². The number of hydrogen-bond donors (Lipinski definition) is 2. The van der Waals surface area contributed by atoms with Gasteiger partial charge in [0.1, 0.15) is 21.9 Å². The van der Waals surface area contributed by atoms with Crippen molar-refractivity contribution in [2.45, 2.75) is 6.92 Å². The van der Waals surface area contributed by atoms with Gasteiger partial charge in [0.25, 0.3) is 0 Å². The van der Waals surface area contributed by atoms with E-state index in [0.29, 0.717) is 33.9 Å². The van der Waals surface area contributed by atoms with Gasteiger partial charge in [0, 0.05) is 6.07 Å². The topological polar surface area (TPSA) is 116 Å². The molecule has 2 rings (SSSR count). The summed E-state index contributed by atoms with van der Waals surface area (Å²) in [6.07, 6.45) is 1.37. The Hall–Kier alpha value is -2.42. The largest absolute Gasteiger partial charge is 0.481 e. The van der Waals surface area contributed by atoms with Crippen LogP contribution in [0.3, 0.4) is 0 Å². The molecule has 0 saturated carbocycles. The maximum absolute atomic E-state index is 8.78. The van der Waals surface area contributed by atoms with Crippen LogP contribution in [0, 0.1) is 0 Å². The second-order valence-electron chi connectivity index (χ2n) is 3.52. The third kappa shape index (κ3) is 2.77. The minimum atomic E-state index is -0.0572. The van der Waals surface area contributed by atoms with Crippen molar-refractivity contribution in [1.29, 1.82) is 0 Å². The van der Waals surface area contributed by atoms with Crippen molar-refractivity contribution in [3.63, 3.8) is 0 Å². The number of nitrogens with two attached hydrogens (primary N) is 1. The van der Waals surface area contributed by atoms with E-state index in [1.165, 1.54) is 24.8 Å². The monoisotopic (exact) mass is 295 g/mol. The summed E-state index contributed by atoms with van der Waals surface area (Å²) < 4.78 is 10.4. The molecule has 3 N–H and O–H groups in total. The van der Waals surface area contributed by atoms with Gasteiger partial charge in [0.2, 0.25) is 11.8 Å². The Morgan fingerprint density at radius 3 is 2.95 bits per heavy atom. The molecule has 0 unspecified atom stereocenters. The van der Waals surface area contributed by atoms with Gasteiger partial charge >= 0.3 is 0 Å². The highest BCUT2D eigenvalue weighted by Crippen LogP contribution is 2.32. The molecule has 0 radical (unpaired) electrons. The number of ether oxygens (including phenoxy) is 2. The van der Waals surface area contributed by atoms with E-state index in [1.54, 1.807) is 6.07 Å². The second kappa shape index (κ2) is 6.15. The maximum atomic E-state index is 8.78. The quantitative estimate of drug-likeness (QED) is 0.367. The number of nitrogens with zero attached hydrogens (tertiary/aromatic N) is 4. The van der Waals surface area contributed by atoms with Gasteiger partial charge in [-0.15, -0.1) is 11.3 Å². The summed E-state index contributed by atoms with van der Waals surface area (Å²) in [6, 6.07) is 1.64. The Labute approximate surface area is 118 Å². The molecule has 0 atom stereocenters. The molecular formula is C11H13N5O3S. The minimum Gasteiger partial charge on any atom is -0.481 e. The van der Waals surface area contributed by atoms with Crippen LogP contribution in [0.2, 0.25) is 0 Å². The third-order valence-corrected chi connectivity index (χ3v) is 3.37. The van der Waals surface area contributed by atoms with E-state index < -0.39 is 0 Å². The Bertz CT molecular complexity index is 628. The van der Waals surface area contributed by atoms with Gasteiger partial charge in [0.05, 0.1) is 13.7 Å². The number of thiazole rings is 1. The van der Waals surface area contributed by atoms with E-state index in [0.717, 1.165) is 0 Å². The average Bonchev–Trinajstić information content (AvgIpc) is 2.91. The van der Waals surface area contributed by atoms with Crippen LogP contribution in [0.5, 0.6) is 11.8 Å². The first-order valence-corrected chi connectivity index (χ1v) is 6.49. The van der Waals surface area contributed by atoms with Gasteiger partial charge in [-0.25, -0.2) is 9.97 Å². The molecule has 0 fully saturated rings. The van der Waals surface area contributed by atoms with Gasteiger partial charge in [-0.1, -0.05) is 5.16 Å². The molecule has 0 spiro atoms. The van der Waals surface area contributed by atoms with Gasteiger partial charge in [-0.2, -0.15) is 4.98 Å². The van der Waals surface area contributed by atoms with E-state index in [-0.39, 0.29) is 5.84 Å². The number of methoxy groups -OCH3 is 1. The van der Waals surface area contributed by atoms with Crippen LogP contribution in [0.1, 0.15) is 11.8 Å². The molecule has 2 aromatic heterocycles. The zero-order chi connectivity index (χ0) is 14.5. The molecule has 2 heterocycles. The average molecular weight is 295 g/mol. The number of oxime groups is 1. The molecule has 0 aliphatic carbocycles. The fraction of sp³-hybridized carbons (Fsp3) is 0.273. The molecule has 106 valence electrons. The first-order valence-electron chi connectivity index (χ1n) is 5.67. The Kier molecular flexibility index (Phi) is 4.31. The summed E-state index contributed by atoms with van der Waals surface area (Å²) in [5.41, 5.74) is 6.18. The van der Waals surface area contributed by atoms with Gasteiger partial charge in [-0.05, 0) is 6.92 Å². The third-order valence-electron chi connectivity index (χ3n) is 2.29. The smallest absolute Gasteiger partial charge is 0.236 e. The summed E-state index contributed by atoms with van der Waals surface area (Å²) >= 11 is 1.21. The second-order valence-corrected chi connectivity index (χ2v) is 4.52. The van der Waals surface area contributed by atoms with Crippen LogP contribution < -0.4 is 15.2 Å². The number of aromatic nitrogens is 3. The highest BCUT2D eigenvalue weighted by atomic mass is 32.1. The van der Waals surface area contributed by atoms with E-state index in [9.17, 15) is 0 Å². The molecule has 2 aromatic rings. The Morgan fingerprint density at radius 1 is 1.50 bits per heavy atom. The van der Waals surface area contributed by atoms with Crippen LogP contribution in [0.15, 0.2) is 17.5 Å². The highest BCUT2D eigenvalue weighted by molar-refractivity contribution is 7.17. The Balaban J connectivity index is 2.46. The number of hydrogen-bond acceptors (Lipinski definition) is 8. The molecule has 0 aliphatic heterocycles. The molecular weight excluding hydrogens is 282 g/mol. The van der Waals surface area contributed by atoms with Crippen molar-refractivity contribution in [1.82, 2.24) is 15.0 Å². The molecule has 0 aromatic carbocycles. The van der Waals surface area contributed by atoms with Crippen molar-refractivity contribution in [3.05, 3.63) is 17.3 Å².